The zero-order chi connectivity index (χ0) is 20.6. The molecule has 1 N–H and O–H groups in total. The van der Waals surface area contributed by atoms with E-state index in [0.29, 0.717) is 17.8 Å². The van der Waals surface area contributed by atoms with Crippen molar-refractivity contribution < 1.29 is 9.53 Å². The van der Waals surface area contributed by atoms with Crippen molar-refractivity contribution in [3.05, 3.63) is 48.0 Å². The van der Waals surface area contributed by atoms with E-state index in [1.165, 1.54) is 25.7 Å². The molecule has 6 heteroatoms. The third kappa shape index (κ3) is 4.01. The van der Waals surface area contributed by atoms with E-state index in [4.69, 9.17) is 9.72 Å². The van der Waals surface area contributed by atoms with Crippen LogP contribution in [0.15, 0.2) is 42.5 Å². The highest BCUT2D eigenvalue weighted by molar-refractivity contribution is 6.07. The van der Waals surface area contributed by atoms with Crippen molar-refractivity contribution in [3.63, 3.8) is 0 Å². The normalized spacial score (nSPS) is 22.8. The van der Waals surface area contributed by atoms with E-state index in [1.54, 1.807) is 0 Å². The highest BCUT2D eigenvalue weighted by Crippen LogP contribution is 2.54. The summed E-state index contributed by atoms with van der Waals surface area (Å²) in [5, 5.41) is 3.02. The molecule has 2 aromatic rings. The van der Waals surface area contributed by atoms with E-state index < -0.39 is 0 Å². The number of hydrogen-bond donors (Lipinski definition) is 1. The summed E-state index contributed by atoms with van der Waals surface area (Å²) in [6, 6.07) is 13.7. The standard InChI is InChI=1S/C24H30N4O2/c1-18-17-28(15-16-30-18)22-8-4-7-21(25-22)26-23(29)19-5-2-3-6-20(19)27-13-11-24(9-10-24)12-14-27/h2-8,18H,9-17H2,1H3,(H,25,26,29). The molecule has 1 amide bonds. The SMILES string of the molecule is CC1CN(c2cccc(NC(=O)c3ccccc3N3CCC4(CC3)CC4)n2)CCO1. The fraction of sp³-hybridized carbons (Fsp3) is 0.500. The minimum atomic E-state index is -0.0997. The van der Waals surface area contributed by atoms with Gasteiger partial charge in [-0.2, -0.15) is 0 Å². The Labute approximate surface area is 178 Å². The van der Waals surface area contributed by atoms with Crippen LogP contribution in [0.3, 0.4) is 0 Å². The number of para-hydroxylation sites is 1. The Balaban J connectivity index is 1.31. The number of pyridine rings is 1. The van der Waals surface area contributed by atoms with Crippen LogP contribution >= 0.6 is 0 Å². The highest BCUT2D eigenvalue weighted by atomic mass is 16.5. The van der Waals surface area contributed by atoms with Crippen LogP contribution in [0, 0.1) is 5.41 Å². The number of piperidine rings is 1. The van der Waals surface area contributed by atoms with Crippen molar-refractivity contribution in [3.8, 4) is 0 Å². The summed E-state index contributed by atoms with van der Waals surface area (Å²) < 4.78 is 5.63. The molecular formula is C24H30N4O2. The minimum absolute atomic E-state index is 0.0997. The lowest BCUT2D eigenvalue weighted by molar-refractivity contribution is 0.0529. The van der Waals surface area contributed by atoms with E-state index in [-0.39, 0.29) is 12.0 Å². The number of morpholine rings is 1. The van der Waals surface area contributed by atoms with Crippen molar-refractivity contribution in [2.75, 3.05) is 47.9 Å². The molecule has 5 rings (SSSR count). The fourth-order valence-corrected chi connectivity index (χ4v) is 4.72. The lowest BCUT2D eigenvalue weighted by Crippen LogP contribution is -2.41. The lowest BCUT2D eigenvalue weighted by atomic mass is 9.93. The topological polar surface area (TPSA) is 57.7 Å². The lowest BCUT2D eigenvalue weighted by Gasteiger charge is -2.34. The largest absolute Gasteiger partial charge is 0.375 e. The molecular weight excluding hydrogens is 376 g/mol. The summed E-state index contributed by atoms with van der Waals surface area (Å²) in [5.74, 6) is 1.36. The van der Waals surface area contributed by atoms with E-state index in [0.717, 1.165) is 43.2 Å². The number of carbonyl (C=O) groups excluding carboxylic acids is 1. The van der Waals surface area contributed by atoms with Crippen molar-refractivity contribution in [1.29, 1.82) is 0 Å². The van der Waals surface area contributed by atoms with Crippen LogP contribution < -0.4 is 15.1 Å². The quantitative estimate of drug-likeness (QED) is 0.834. The Morgan fingerprint density at radius 1 is 1.03 bits per heavy atom. The Kier molecular flexibility index (Phi) is 5.11. The molecule has 2 aliphatic heterocycles. The number of aromatic nitrogens is 1. The highest BCUT2D eigenvalue weighted by Gasteiger charge is 2.44. The molecule has 1 saturated carbocycles. The van der Waals surface area contributed by atoms with Gasteiger partial charge in [-0.15, -0.1) is 0 Å². The van der Waals surface area contributed by atoms with Crippen LogP contribution in [0.1, 0.15) is 43.0 Å². The summed E-state index contributed by atoms with van der Waals surface area (Å²) in [7, 11) is 0. The molecule has 0 radical (unpaired) electrons. The summed E-state index contributed by atoms with van der Waals surface area (Å²) in [6.45, 7) is 6.46. The predicted molar refractivity (Wildman–Crippen MR) is 119 cm³/mol. The molecule has 158 valence electrons. The van der Waals surface area contributed by atoms with Gasteiger partial charge in [0.25, 0.3) is 5.91 Å². The molecule has 3 fully saturated rings. The fourth-order valence-electron chi connectivity index (χ4n) is 4.72. The molecule has 3 heterocycles. The number of ether oxygens (including phenoxy) is 1. The van der Waals surface area contributed by atoms with Gasteiger partial charge in [-0.1, -0.05) is 18.2 Å². The van der Waals surface area contributed by atoms with E-state index in [2.05, 4.69) is 28.1 Å². The second-order valence-electron chi connectivity index (χ2n) is 8.97. The van der Waals surface area contributed by atoms with Gasteiger partial charge < -0.3 is 19.9 Å². The minimum Gasteiger partial charge on any atom is -0.375 e. The molecule has 1 unspecified atom stereocenters. The maximum absolute atomic E-state index is 13.1. The van der Waals surface area contributed by atoms with Crippen LogP contribution in [0.2, 0.25) is 0 Å². The number of benzene rings is 1. The van der Waals surface area contributed by atoms with Gasteiger partial charge in [0.15, 0.2) is 0 Å². The third-order valence-electron chi connectivity index (χ3n) is 6.81. The number of hydrogen-bond acceptors (Lipinski definition) is 5. The zero-order valence-corrected chi connectivity index (χ0v) is 17.6. The second kappa shape index (κ2) is 7.91. The molecule has 0 bridgehead atoms. The zero-order valence-electron chi connectivity index (χ0n) is 17.6. The number of amides is 1. The summed E-state index contributed by atoms with van der Waals surface area (Å²) in [5.41, 5.74) is 2.37. The van der Waals surface area contributed by atoms with Crippen LogP contribution in [0.25, 0.3) is 0 Å². The maximum Gasteiger partial charge on any atom is 0.258 e. The van der Waals surface area contributed by atoms with Gasteiger partial charge in [0.05, 0.1) is 18.3 Å². The van der Waals surface area contributed by atoms with Gasteiger partial charge in [0, 0.05) is 31.9 Å². The average molecular weight is 407 g/mol. The number of rotatable bonds is 4. The van der Waals surface area contributed by atoms with Crippen LogP contribution in [-0.2, 0) is 4.74 Å². The summed E-state index contributed by atoms with van der Waals surface area (Å²) >= 11 is 0. The number of carbonyl (C=O) groups is 1. The second-order valence-corrected chi connectivity index (χ2v) is 8.97. The number of anilines is 3. The predicted octanol–water partition coefficient (Wildman–Crippen LogP) is 3.94. The van der Waals surface area contributed by atoms with Gasteiger partial charge in [0.1, 0.15) is 11.6 Å². The third-order valence-corrected chi connectivity index (χ3v) is 6.81. The van der Waals surface area contributed by atoms with Crippen LogP contribution in [0.4, 0.5) is 17.3 Å². The number of nitrogens with one attached hydrogen (secondary N) is 1. The monoisotopic (exact) mass is 406 g/mol. The van der Waals surface area contributed by atoms with Gasteiger partial charge in [-0.05, 0) is 62.3 Å². The molecule has 2 saturated heterocycles. The molecule has 30 heavy (non-hydrogen) atoms. The molecule has 1 aromatic heterocycles. The van der Waals surface area contributed by atoms with E-state index in [9.17, 15) is 4.79 Å². The van der Waals surface area contributed by atoms with Crippen molar-refractivity contribution in [1.82, 2.24) is 4.98 Å². The van der Waals surface area contributed by atoms with Gasteiger partial charge >= 0.3 is 0 Å². The van der Waals surface area contributed by atoms with Gasteiger partial charge in [0.2, 0.25) is 0 Å². The van der Waals surface area contributed by atoms with Crippen molar-refractivity contribution >= 4 is 23.2 Å². The first kappa shape index (κ1) is 19.4. The van der Waals surface area contributed by atoms with Gasteiger partial charge in [-0.3, -0.25) is 4.79 Å². The van der Waals surface area contributed by atoms with Gasteiger partial charge in [-0.25, -0.2) is 4.98 Å². The molecule has 1 aromatic carbocycles. The molecule has 3 aliphatic rings. The smallest absolute Gasteiger partial charge is 0.258 e. The molecule has 1 spiro atoms. The van der Waals surface area contributed by atoms with Crippen LogP contribution in [-0.4, -0.2) is 49.8 Å². The molecule has 1 atom stereocenters. The average Bonchev–Trinajstić information content (AvgIpc) is 3.53. The summed E-state index contributed by atoms with van der Waals surface area (Å²) in [4.78, 5) is 22.4. The molecule has 1 aliphatic carbocycles. The Morgan fingerprint density at radius 3 is 2.60 bits per heavy atom. The van der Waals surface area contributed by atoms with Crippen molar-refractivity contribution in [2.24, 2.45) is 5.41 Å². The van der Waals surface area contributed by atoms with Crippen molar-refractivity contribution in [2.45, 2.75) is 38.7 Å². The Bertz CT molecular complexity index is 917. The first-order chi connectivity index (χ1) is 14.6. The molecule has 6 nitrogen and oxygen atoms in total. The Morgan fingerprint density at radius 2 is 1.83 bits per heavy atom. The first-order valence-corrected chi connectivity index (χ1v) is 11.1. The van der Waals surface area contributed by atoms with E-state index in [1.807, 2.05) is 36.4 Å². The maximum atomic E-state index is 13.1. The summed E-state index contributed by atoms with van der Waals surface area (Å²) in [6.07, 6.45) is 5.43. The van der Waals surface area contributed by atoms with Crippen LogP contribution in [0.5, 0.6) is 0 Å². The first-order valence-electron chi connectivity index (χ1n) is 11.1. The number of nitrogens with zero attached hydrogens (tertiary/aromatic N) is 3. The van der Waals surface area contributed by atoms with E-state index >= 15 is 0 Å². The Hall–Kier alpha value is -2.60.